The second-order valence-electron chi connectivity index (χ2n) is 8.30. The first-order valence-electron chi connectivity index (χ1n) is 11.0. The summed E-state index contributed by atoms with van der Waals surface area (Å²) in [7, 11) is 0. The Morgan fingerprint density at radius 3 is 2.65 bits per heavy atom. The number of amides is 1. The maximum Gasteiger partial charge on any atom is 0.274 e. The molecule has 1 saturated heterocycles. The zero-order chi connectivity index (χ0) is 21.2. The highest BCUT2D eigenvalue weighted by Crippen LogP contribution is 2.29. The number of piperazine rings is 1. The van der Waals surface area contributed by atoms with Crippen molar-refractivity contribution in [2.75, 3.05) is 26.2 Å². The molecule has 1 amide bonds. The standard InChI is InChI=1S/C24H26BrN5O/c25-19-6-3-7-20(15-19)30-22-9-2-1-8-21(22)23(27-30)24(31)29-13-11-28(12-14-29)17-18-5-4-10-26-16-18/h3-7,10,15-16H,1-2,8-9,11-14,17H2. The van der Waals surface area contributed by atoms with E-state index >= 15 is 0 Å². The van der Waals surface area contributed by atoms with Crippen LogP contribution < -0.4 is 0 Å². The van der Waals surface area contributed by atoms with Gasteiger partial charge < -0.3 is 4.90 Å². The van der Waals surface area contributed by atoms with Crippen LogP contribution in [-0.2, 0) is 19.4 Å². The lowest BCUT2D eigenvalue weighted by molar-refractivity contribution is 0.0621. The van der Waals surface area contributed by atoms with Crippen LogP contribution in [0.3, 0.4) is 0 Å². The minimum absolute atomic E-state index is 0.0768. The zero-order valence-corrected chi connectivity index (χ0v) is 19.1. The molecule has 0 bridgehead atoms. The molecular weight excluding hydrogens is 454 g/mol. The molecule has 0 N–H and O–H groups in total. The number of carbonyl (C=O) groups excluding carboxylic acids is 1. The third-order valence-corrected chi connectivity index (χ3v) is 6.72. The summed E-state index contributed by atoms with van der Waals surface area (Å²) in [6.45, 7) is 4.09. The van der Waals surface area contributed by atoms with Crippen LogP contribution in [-0.4, -0.2) is 56.7 Å². The van der Waals surface area contributed by atoms with Gasteiger partial charge in [-0.3, -0.25) is 14.7 Å². The Morgan fingerprint density at radius 2 is 1.87 bits per heavy atom. The van der Waals surface area contributed by atoms with Gasteiger partial charge in [-0.1, -0.05) is 28.1 Å². The molecule has 1 fully saturated rings. The quantitative estimate of drug-likeness (QED) is 0.569. The van der Waals surface area contributed by atoms with Crippen molar-refractivity contribution in [2.24, 2.45) is 0 Å². The van der Waals surface area contributed by atoms with Gasteiger partial charge in [0.2, 0.25) is 0 Å². The average molecular weight is 480 g/mol. The van der Waals surface area contributed by atoms with Crippen LogP contribution in [0.4, 0.5) is 0 Å². The molecule has 0 saturated carbocycles. The number of benzene rings is 1. The molecule has 2 aliphatic rings. The smallest absolute Gasteiger partial charge is 0.274 e. The van der Waals surface area contributed by atoms with Gasteiger partial charge in [0.25, 0.3) is 5.91 Å². The van der Waals surface area contributed by atoms with E-state index in [-0.39, 0.29) is 5.91 Å². The molecule has 3 aromatic rings. The number of halogens is 1. The second kappa shape index (κ2) is 8.93. The third-order valence-electron chi connectivity index (χ3n) is 6.22. The van der Waals surface area contributed by atoms with Gasteiger partial charge in [-0.2, -0.15) is 5.10 Å². The van der Waals surface area contributed by atoms with E-state index in [1.54, 1.807) is 6.20 Å². The summed E-state index contributed by atoms with van der Waals surface area (Å²) in [5.74, 6) is 0.0768. The first-order chi connectivity index (χ1) is 15.2. The van der Waals surface area contributed by atoms with Crippen molar-refractivity contribution in [3.05, 3.63) is 75.8 Å². The first-order valence-corrected chi connectivity index (χ1v) is 11.8. The fourth-order valence-corrected chi connectivity index (χ4v) is 4.99. The fraction of sp³-hybridized carbons (Fsp3) is 0.375. The van der Waals surface area contributed by atoms with Gasteiger partial charge >= 0.3 is 0 Å². The van der Waals surface area contributed by atoms with Crippen molar-refractivity contribution in [1.29, 1.82) is 0 Å². The molecule has 1 aliphatic heterocycles. The number of rotatable bonds is 4. The lowest BCUT2D eigenvalue weighted by atomic mass is 9.95. The Balaban J connectivity index is 1.34. The summed E-state index contributed by atoms with van der Waals surface area (Å²) in [6.07, 6.45) is 7.89. The Bertz CT molecular complexity index is 1070. The second-order valence-corrected chi connectivity index (χ2v) is 9.22. The largest absolute Gasteiger partial charge is 0.335 e. The molecule has 0 radical (unpaired) electrons. The molecule has 0 atom stereocenters. The summed E-state index contributed by atoms with van der Waals surface area (Å²) in [6, 6.07) is 12.2. The summed E-state index contributed by atoms with van der Waals surface area (Å²) in [5, 5.41) is 4.85. The summed E-state index contributed by atoms with van der Waals surface area (Å²) >= 11 is 3.56. The highest BCUT2D eigenvalue weighted by molar-refractivity contribution is 9.10. The van der Waals surface area contributed by atoms with E-state index in [1.165, 1.54) is 11.3 Å². The van der Waals surface area contributed by atoms with Crippen LogP contribution in [0.5, 0.6) is 0 Å². The van der Waals surface area contributed by atoms with E-state index in [0.717, 1.165) is 74.1 Å². The molecule has 31 heavy (non-hydrogen) atoms. The van der Waals surface area contributed by atoms with Gasteiger partial charge in [-0.05, 0) is 55.5 Å². The van der Waals surface area contributed by atoms with Crippen molar-refractivity contribution in [2.45, 2.75) is 32.2 Å². The Hall–Kier alpha value is -2.51. The molecule has 6 nitrogen and oxygen atoms in total. The van der Waals surface area contributed by atoms with E-state index in [4.69, 9.17) is 5.10 Å². The van der Waals surface area contributed by atoms with E-state index in [2.05, 4.69) is 44.0 Å². The highest BCUT2D eigenvalue weighted by Gasteiger charge is 2.30. The van der Waals surface area contributed by atoms with Crippen LogP contribution in [0.2, 0.25) is 0 Å². The van der Waals surface area contributed by atoms with Gasteiger partial charge in [0.15, 0.2) is 5.69 Å². The maximum atomic E-state index is 13.5. The number of hydrogen-bond donors (Lipinski definition) is 0. The summed E-state index contributed by atoms with van der Waals surface area (Å²) < 4.78 is 3.01. The van der Waals surface area contributed by atoms with Crippen molar-refractivity contribution >= 4 is 21.8 Å². The third kappa shape index (κ3) is 4.29. The number of fused-ring (bicyclic) bond motifs is 1. The number of carbonyl (C=O) groups is 1. The molecule has 1 aromatic carbocycles. The van der Waals surface area contributed by atoms with Gasteiger partial charge in [0, 0.05) is 60.8 Å². The van der Waals surface area contributed by atoms with E-state index < -0.39 is 0 Å². The van der Waals surface area contributed by atoms with Crippen LogP contribution in [0, 0.1) is 0 Å². The minimum atomic E-state index is 0.0768. The van der Waals surface area contributed by atoms with Gasteiger partial charge in [-0.25, -0.2) is 4.68 Å². The normalized spacial score (nSPS) is 16.9. The maximum absolute atomic E-state index is 13.5. The van der Waals surface area contributed by atoms with Crippen LogP contribution in [0.25, 0.3) is 5.69 Å². The molecule has 3 heterocycles. The molecular formula is C24H26BrN5O. The predicted molar refractivity (Wildman–Crippen MR) is 123 cm³/mol. The van der Waals surface area contributed by atoms with Crippen LogP contribution in [0.15, 0.2) is 53.3 Å². The molecule has 0 unspecified atom stereocenters. The number of hydrogen-bond acceptors (Lipinski definition) is 4. The molecule has 1 aliphatic carbocycles. The van der Waals surface area contributed by atoms with E-state index in [0.29, 0.717) is 5.69 Å². The van der Waals surface area contributed by atoms with Crippen molar-refractivity contribution < 1.29 is 4.79 Å². The Labute approximate surface area is 191 Å². The van der Waals surface area contributed by atoms with E-state index in [1.807, 2.05) is 34.0 Å². The Kier molecular flexibility index (Phi) is 5.87. The van der Waals surface area contributed by atoms with Crippen molar-refractivity contribution in [1.82, 2.24) is 24.6 Å². The summed E-state index contributed by atoms with van der Waals surface area (Å²) in [5.41, 5.74) is 5.21. The topological polar surface area (TPSA) is 54.3 Å². The first kappa shape index (κ1) is 20.4. The van der Waals surface area contributed by atoms with E-state index in [9.17, 15) is 4.79 Å². The van der Waals surface area contributed by atoms with Gasteiger partial charge in [0.05, 0.1) is 5.69 Å². The average Bonchev–Trinajstić information content (AvgIpc) is 3.20. The SMILES string of the molecule is O=C(c1nn(-c2cccc(Br)c2)c2c1CCCC2)N1CCN(Cc2cccnc2)CC1. The number of pyridine rings is 1. The van der Waals surface area contributed by atoms with Gasteiger partial charge in [0.1, 0.15) is 0 Å². The number of nitrogens with zero attached hydrogens (tertiary/aromatic N) is 5. The predicted octanol–water partition coefficient (Wildman–Crippen LogP) is 3.87. The monoisotopic (exact) mass is 479 g/mol. The summed E-state index contributed by atoms with van der Waals surface area (Å²) in [4.78, 5) is 22.0. The van der Waals surface area contributed by atoms with Crippen LogP contribution >= 0.6 is 15.9 Å². The van der Waals surface area contributed by atoms with Gasteiger partial charge in [-0.15, -0.1) is 0 Å². The fourth-order valence-electron chi connectivity index (χ4n) is 4.60. The van der Waals surface area contributed by atoms with Crippen LogP contribution in [0.1, 0.15) is 40.2 Å². The minimum Gasteiger partial charge on any atom is -0.335 e. The number of aromatic nitrogens is 3. The van der Waals surface area contributed by atoms with Crippen molar-refractivity contribution in [3.8, 4) is 5.69 Å². The lowest BCUT2D eigenvalue weighted by Gasteiger charge is -2.34. The molecule has 2 aromatic heterocycles. The van der Waals surface area contributed by atoms with Crippen molar-refractivity contribution in [3.63, 3.8) is 0 Å². The molecule has 5 rings (SSSR count). The zero-order valence-electron chi connectivity index (χ0n) is 17.5. The highest BCUT2D eigenvalue weighted by atomic mass is 79.9. The molecule has 160 valence electrons. The molecule has 0 spiro atoms. The molecule has 7 heteroatoms. The Morgan fingerprint density at radius 1 is 1.03 bits per heavy atom. The lowest BCUT2D eigenvalue weighted by Crippen LogP contribution is -2.48.